The van der Waals surface area contributed by atoms with Gasteiger partial charge in [-0.05, 0) is 163 Å². The van der Waals surface area contributed by atoms with Crippen LogP contribution in [0.2, 0.25) is 0 Å². The van der Waals surface area contributed by atoms with Crippen LogP contribution in [-0.4, -0.2) is 4.57 Å². The van der Waals surface area contributed by atoms with E-state index in [4.69, 9.17) is 0 Å². The Hall–Kier alpha value is -7.94. The van der Waals surface area contributed by atoms with Gasteiger partial charge in [0.2, 0.25) is 0 Å². The third-order valence-corrected chi connectivity index (χ3v) is 15.5. The Morgan fingerprint density at radius 3 is 1.45 bits per heavy atom. The average molecular weight is 961 g/mol. The number of anilines is 3. The summed E-state index contributed by atoms with van der Waals surface area (Å²) in [5, 5.41) is 2.50. The van der Waals surface area contributed by atoms with Crippen molar-refractivity contribution in [2.45, 2.75) is 90.9 Å². The molecule has 0 fully saturated rings. The molecule has 1 atom stereocenters. The molecule has 0 amide bonds. The van der Waals surface area contributed by atoms with Crippen LogP contribution in [0.15, 0.2) is 231 Å². The van der Waals surface area contributed by atoms with Gasteiger partial charge in [0.25, 0.3) is 0 Å². The first kappa shape index (κ1) is 48.3. The SMILES string of the molecule is CCCc1ccc(-c2ccc(N(c3ccc(C(C)(C)C)cc3)c3cccc(-c4cccc(-c5ccc6c(c5)c5cc(-c7ccccc7)ccc5n6C5=CCC(C)(c6ccc(C(C)(C)C)cc6)C=C5)c4)c3)cc2)cc1. The molecule has 0 saturated heterocycles. The molecule has 11 rings (SSSR count). The number of rotatable bonds is 11. The number of nitrogens with zero attached hydrogens (tertiary/aromatic N) is 2. The van der Waals surface area contributed by atoms with E-state index in [2.05, 4.69) is 295 Å². The van der Waals surface area contributed by atoms with E-state index in [1.807, 2.05) is 0 Å². The van der Waals surface area contributed by atoms with Gasteiger partial charge >= 0.3 is 0 Å². The second-order valence-electron chi connectivity index (χ2n) is 22.8. The molecule has 10 aromatic rings. The van der Waals surface area contributed by atoms with E-state index in [1.165, 1.54) is 94.3 Å². The molecule has 0 saturated carbocycles. The molecular formula is C72H68N2. The van der Waals surface area contributed by atoms with Crippen molar-refractivity contribution in [2.75, 3.05) is 4.90 Å². The molecule has 2 heteroatoms. The van der Waals surface area contributed by atoms with Gasteiger partial charge < -0.3 is 9.47 Å². The first-order valence-electron chi connectivity index (χ1n) is 26.7. The molecule has 0 spiro atoms. The minimum absolute atomic E-state index is 0.0580. The lowest BCUT2D eigenvalue weighted by Gasteiger charge is -2.30. The summed E-state index contributed by atoms with van der Waals surface area (Å²) in [6, 6.07) is 79.4. The number of fused-ring (bicyclic) bond motifs is 3. The zero-order chi connectivity index (χ0) is 51.2. The fourth-order valence-corrected chi connectivity index (χ4v) is 11.0. The maximum Gasteiger partial charge on any atom is 0.0541 e. The number of aromatic nitrogens is 1. The Labute approximate surface area is 440 Å². The minimum Gasteiger partial charge on any atom is -0.310 e. The molecule has 1 aliphatic carbocycles. The number of allylic oxidation sites excluding steroid dienone is 4. The van der Waals surface area contributed by atoms with Crippen LogP contribution in [0.25, 0.3) is 72.0 Å². The molecule has 0 N–H and O–H groups in total. The first-order valence-corrected chi connectivity index (χ1v) is 26.7. The molecule has 2 nitrogen and oxygen atoms in total. The van der Waals surface area contributed by atoms with Crippen molar-refractivity contribution < 1.29 is 0 Å². The molecule has 366 valence electrons. The van der Waals surface area contributed by atoms with Gasteiger partial charge in [-0.1, -0.05) is 220 Å². The van der Waals surface area contributed by atoms with Gasteiger partial charge in [0.05, 0.1) is 11.0 Å². The summed E-state index contributed by atoms with van der Waals surface area (Å²) in [5.74, 6) is 0. The van der Waals surface area contributed by atoms with Crippen molar-refractivity contribution in [3.63, 3.8) is 0 Å². The fraction of sp³-hybridized carbons (Fsp3) is 0.194. The average Bonchev–Trinajstić information content (AvgIpc) is 3.75. The summed E-state index contributed by atoms with van der Waals surface area (Å²) in [5.41, 5.74) is 22.1. The lowest BCUT2D eigenvalue weighted by atomic mass is 9.75. The van der Waals surface area contributed by atoms with Gasteiger partial charge in [-0.25, -0.2) is 0 Å². The van der Waals surface area contributed by atoms with Crippen molar-refractivity contribution in [1.29, 1.82) is 0 Å². The summed E-state index contributed by atoms with van der Waals surface area (Å²) in [6.07, 6.45) is 10.4. The number of hydrogen-bond donors (Lipinski definition) is 0. The van der Waals surface area contributed by atoms with Crippen LogP contribution in [0.3, 0.4) is 0 Å². The number of benzene rings is 9. The smallest absolute Gasteiger partial charge is 0.0541 e. The lowest BCUT2D eigenvalue weighted by Crippen LogP contribution is -2.21. The van der Waals surface area contributed by atoms with Crippen molar-refractivity contribution in [3.05, 3.63) is 253 Å². The fourth-order valence-electron chi connectivity index (χ4n) is 11.0. The largest absolute Gasteiger partial charge is 0.310 e. The molecule has 74 heavy (non-hydrogen) atoms. The number of hydrogen-bond acceptors (Lipinski definition) is 1. The highest BCUT2D eigenvalue weighted by molar-refractivity contribution is 6.13. The molecule has 1 aromatic heterocycles. The Morgan fingerprint density at radius 1 is 0.446 bits per heavy atom. The van der Waals surface area contributed by atoms with Crippen LogP contribution in [-0.2, 0) is 22.7 Å². The quantitative estimate of drug-likeness (QED) is 0.125. The van der Waals surface area contributed by atoms with Gasteiger partial charge in [-0.2, -0.15) is 0 Å². The summed E-state index contributed by atoms with van der Waals surface area (Å²) in [7, 11) is 0. The summed E-state index contributed by atoms with van der Waals surface area (Å²) in [6.45, 7) is 18.3. The normalized spacial score (nSPS) is 14.9. The van der Waals surface area contributed by atoms with Gasteiger partial charge in [-0.15, -0.1) is 0 Å². The van der Waals surface area contributed by atoms with Crippen molar-refractivity contribution >= 4 is 44.6 Å². The molecule has 0 radical (unpaired) electrons. The summed E-state index contributed by atoms with van der Waals surface area (Å²) >= 11 is 0. The predicted octanol–water partition coefficient (Wildman–Crippen LogP) is 20.2. The van der Waals surface area contributed by atoms with Crippen molar-refractivity contribution in [3.8, 4) is 44.5 Å². The van der Waals surface area contributed by atoms with Crippen molar-refractivity contribution in [2.24, 2.45) is 0 Å². The second kappa shape index (κ2) is 19.5. The van der Waals surface area contributed by atoms with E-state index in [0.29, 0.717) is 0 Å². The Kier molecular flexibility index (Phi) is 12.7. The Balaban J connectivity index is 0.952. The Bertz CT molecular complexity index is 3680. The molecule has 1 aliphatic rings. The third kappa shape index (κ3) is 9.58. The highest BCUT2D eigenvalue weighted by atomic mass is 15.1. The third-order valence-electron chi connectivity index (χ3n) is 15.5. The van der Waals surface area contributed by atoms with Crippen molar-refractivity contribution in [1.82, 2.24) is 4.57 Å². The highest BCUT2D eigenvalue weighted by Gasteiger charge is 2.27. The molecule has 0 bridgehead atoms. The van der Waals surface area contributed by atoms with Gasteiger partial charge in [0.1, 0.15) is 0 Å². The monoisotopic (exact) mass is 961 g/mol. The standard InChI is InChI=1S/C72H68N2/c1-9-15-50-22-24-52(25-23-50)53-26-36-62(37-27-53)73(63-38-34-60(35-39-63)71(5,6)7)65-21-14-20-56(47-65)54-18-13-19-55(46-54)58-29-41-69-67(49-58)66-48-57(51-16-11-10-12-17-51)28-40-68(66)74(69)64-42-44-72(8,45-43-64)61-32-30-59(31-33-61)70(2,3)4/h10-14,16-44,46-49H,9,15,45H2,1-8H3. The van der Waals surface area contributed by atoms with E-state index < -0.39 is 0 Å². The zero-order valence-corrected chi connectivity index (χ0v) is 44.5. The van der Waals surface area contributed by atoms with Crippen LogP contribution in [0.5, 0.6) is 0 Å². The van der Waals surface area contributed by atoms with Crippen LogP contribution >= 0.6 is 0 Å². The highest BCUT2D eigenvalue weighted by Crippen LogP contribution is 2.43. The second-order valence-corrected chi connectivity index (χ2v) is 22.8. The van der Waals surface area contributed by atoms with Crippen LogP contribution in [0.4, 0.5) is 17.1 Å². The van der Waals surface area contributed by atoms with Gasteiger partial charge in [0.15, 0.2) is 0 Å². The predicted molar refractivity (Wildman–Crippen MR) is 319 cm³/mol. The van der Waals surface area contributed by atoms with Crippen LogP contribution in [0.1, 0.15) is 90.5 Å². The molecular weight excluding hydrogens is 893 g/mol. The maximum atomic E-state index is 2.48. The van der Waals surface area contributed by atoms with E-state index in [9.17, 15) is 0 Å². The molecule has 1 unspecified atom stereocenters. The van der Waals surface area contributed by atoms with E-state index >= 15 is 0 Å². The first-order chi connectivity index (χ1) is 35.7. The molecule has 1 heterocycles. The molecule has 9 aromatic carbocycles. The van der Waals surface area contributed by atoms with E-state index in [1.54, 1.807) is 0 Å². The summed E-state index contributed by atoms with van der Waals surface area (Å²) in [4.78, 5) is 2.39. The van der Waals surface area contributed by atoms with Crippen LogP contribution < -0.4 is 4.90 Å². The van der Waals surface area contributed by atoms with E-state index in [0.717, 1.165) is 36.3 Å². The van der Waals surface area contributed by atoms with Crippen LogP contribution in [0, 0.1) is 0 Å². The lowest BCUT2D eigenvalue weighted by molar-refractivity contribution is 0.581. The number of aryl methyl sites for hydroxylation is 1. The van der Waals surface area contributed by atoms with Gasteiger partial charge in [-0.3, -0.25) is 0 Å². The topological polar surface area (TPSA) is 8.17 Å². The van der Waals surface area contributed by atoms with Gasteiger partial charge in [0, 0.05) is 38.9 Å². The molecule has 0 aliphatic heterocycles. The van der Waals surface area contributed by atoms with E-state index in [-0.39, 0.29) is 16.2 Å². The maximum absolute atomic E-state index is 2.48. The zero-order valence-electron chi connectivity index (χ0n) is 44.5. The Morgan fingerprint density at radius 2 is 0.905 bits per heavy atom. The summed E-state index contributed by atoms with van der Waals surface area (Å²) < 4.78 is 2.48. The minimum atomic E-state index is -0.0836.